The second kappa shape index (κ2) is 29.4. The molecule has 0 fully saturated rings. The van der Waals surface area contributed by atoms with Crippen molar-refractivity contribution in [2.24, 2.45) is 0 Å². The lowest BCUT2D eigenvalue weighted by Gasteiger charge is -2.30. The van der Waals surface area contributed by atoms with Crippen LogP contribution in [0.15, 0.2) is 340 Å². The highest BCUT2D eigenvalue weighted by atomic mass is 15.2. The minimum atomic E-state index is 0.0567. The van der Waals surface area contributed by atoms with Crippen molar-refractivity contribution >= 4 is 51.2 Å². The Morgan fingerprint density at radius 1 is 0.140 bits per heavy atom. The van der Waals surface area contributed by atoms with Gasteiger partial charge in [0.2, 0.25) is 0 Å². The molecule has 0 aromatic heterocycles. The maximum Gasteiger partial charge on any atom is 0.0540 e. The zero-order valence-corrected chi connectivity index (χ0v) is 65.2. The largest absolute Gasteiger partial charge is 0.311 e. The fourth-order valence-electron chi connectivity index (χ4n) is 14.5. The lowest BCUT2D eigenvalue weighted by molar-refractivity contribution is 0.590. The first-order valence-corrected chi connectivity index (χ1v) is 38.0. The number of hydrogen-bond donors (Lipinski definition) is 0. The maximum absolute atomic E-state index is 2.46. The van der Waals surface area contributed by atoms with Crippen molar-refractivity contribution in [1.29, 1.82) is 0 Å². The lowest BCUT2D eigenvalue weighted by Crippen LogP contribution is -2.13. The minimum absolute atomic E-state index is 0.0567. The van der Waals surface area contributed by atoms with Crippen molar-refractivity contribution in [2.45, 2.75) is 131 Å². The van der Waals surface area contributed by atoms with Gasteiger partial charge in [0.1, 0.15) is 0 Å². The number of anilines is 9. The third-order valence-corrected chi connectivity index (χ3v) is 21.2. The third-order valence-electron chi connectivity index (χ3n) is 21.2. The summed E-state index contributed by atoms with van der Waals surface area (Å²) in [5, 5.41) is 0. The van der Waals surface area contributed by atoms with Crippen LogP contribution in [0.3, 0.4) is 0 Å². The lowest BCUT2D eigenvalue weighted by atomic mass is 9.86. The van der Waals surface area contributed by atoms with Gasteiger partial charge in [-0.25, -0.2) is 0 Å². The Kier molecular flexibility index (Phi) is 19.9. The van der Waals surface area contributed by atoms with Crippen molar-refractivity contribution in [1.82, 2.24) is 0 Å². The standard InChI is InChI=1S/C104H101N3/c1-100(2,3)84-48-24-72(25-49-84)77-34-58-89(59-35-77)105(90-60-36-78(37-61-90)73-26-50-85(51-27-73)101(4,5)6)93-68-44-82(45-69-93)96-20-16-18-22-98(96)107(95-66-42-81(43-67-95)76-32-56-88(57-33-76)104(13,14)15)99-23-19-17-21-97(99)83-46-70-94(71-47-83)106(91-62-38-79(39-63-91)74-28-52-86(53-29-74)102(7,8)9)92-64-40-80(41-65-92)75-30-54-87(55-31-75)103(10,11)12/h16-71H,1-15H3. The summed E-state index contributed by atoms with van der Waals surface area (Å²) in [5.74, 6) is 0. The fourth-order valence-corrected chi connectivity index (χ4v) is 14.5. The van der Waals surface area contributed by atoms with Gasteiger partial charge in [0, 0.05) is 50.9 Å². The normalized spacial score (nSPS) is 12.1. The van der Waals surface area contributed by atoms with Crippen LogP contribution < -0.4 is 14.7 Å². The van der Waals surface area contributed by atoms with E-state index < -0.39 is 0 Å². The number of nitrogens with zero attached hydrogens (tertiary/aromatic N) is 3. The number of para-hydroxylation sites is 2. The SMILES string of the molecule is CC(C)(C)c1ccc(-c2ccc(N(c3ccc(-c4ccc(C(C)(C)C)cc4)cc3)c3ccc(-c4ccccc4N(c4ccc(-c5ccc(C(C)(C)C)cc5)cc4)c4ccccc4-c4ccc(N(c5ccc(-c6ccc(C(C)(C)C)cc6)cc5)c5ccc(-c6ccc(C(C)(C)C)cc6)cc5)cc4)cc3)cc2)cc1. The van der Waals surface area contributed by atoms with E-state index in [4.69, 9.17) is 0 Å². The molecule has 14 rings (SSSR count). The Balaban J connectivity index is 0.840. The Hall–Kier alpha value is -11.5. The zero-order chi connectivity index (χ0) is 75.0. The molecule has 532 valence electrons. The smallest absolute Gasteiger partial charge is 0.0540 e. The van der Waals surface area contributed by atoms with Crippen LogP contribution in [0.2, 0.25) is 0 Å². The predicted molar refractivity (Wildman–Crippen MR) is 462 cm³/mol. The molecule has 0 aliphatic rings. The Bertz CT molecular complexity index is 4830. The fraction of sp³-hybridized carbons (Fsp3) is 0.192. The van der Waals surface area contributed by atoms with E-state index >= 15 is 0 Å². The first-order chi connectivity index (χ1) is 51.2. The van der Waals surface area contributed by atoms with Crippen LogP contribution in [-0.2, 0) is 27.1 Å². The molecule has 0 aliphatic heterocycles. The summed E-state index contributed by atoms with van der Waals surface area (Å²) in [6.07, 6.45) is 0. The summed E-state index contributed by atoms with van der Waals surface area (Å²) in [7, 11) is 0. The average Bonchev–Trinajstić information content (AvgIpc) is 0.761. The second-order valence-electron chi connectivity index (χ2n) is 34.0. The van der Waals surface area contributed by atoms with Gasteiger partial charge in [-0.15, -0.1) is 0 Å². The first-order valence-electron chi connectivity index (χ1n) is 38.0. The quantitative estimate of drug-likeness (QED) is 0.0955. The van der Waals surface area contributed by atoms with Gasteiger partial charge < -0.3 is 14.7 Å². The summed E-state index contributed by atoms with van der Waals surface area (Å²) >= 11 is 0. The molecule has 0 amide bonds. The van der Waals surface area contributed by atoms with E-state index in [0.717, 1.165) is 73.4 Å². The number of hydrogen-bond acceptors (Lipinski definition) is 3. The molecule has 3 heteroatoms. The topological polar surface area (TPSA) is 9.72 Å². The molecule has 0 aliphatic carbocycles. The van der Waals surface area contributed by atoms with Crippen molar-refractivity contribution in [2.75, 3.05) is 14.7 Å². The van der Waals surface area contributed by atoms with E-state index in [-0.39, 0.29) is 27.1 Å². The highest BCUT2D eigenvalue weighted by Crippen LogP contribution is 2.48. The van der Waals surface area contributed by atoms with E-state index in [1.165, 1.54) is 83.5 Å². The summed E-state index contributed by atoms with van der Waals surface area (Å²) in [5.41, 5.74) is 32.9. The van der Waals surface area contributed by atoms with E-state index in [1.807, 2.05) is 0 Å². The third kappa shape index (κ3) is 16.0. The summed E-state index contributed by atoms with van der Waals surface area (Å²) in [6, 6.07) is 127. The molecule has 0 spiro atoms. The maximum atomic E-state index is 2.46. The van der Waals surface area contributed by atoms with Crippen LogP contribution in [0.5, 0.6) is 0 Å². The van der Waals surface area contributed by atoms with Gasteiger partial charge >= 0.3 is 0 Å². The van der Waals surface area contributed by atoms with Gasteiger partial charge in [0.25, 0.3) is 0 Å². The van der Waals surface area contributed by atoms with Crippen LogP contribution in [0.25, 0.3) is 77.9 Å². The minimum Gasteiger partial charge on any atom is -0.311 e. The van der Waals surface area contributed by atoms with E-state index in [2.05, 4.69) is 458 Å². The predicted octanol–water partition coefficient (Wildman–Crippen LogP) is 30.3. The van der Waals surface area contributed by atoms with Crippen molar-refractivity contribution in [3.05, 3.63) is 368 Å². The average molecular weight is 1390 g/mol. The molecule has 0 unspecified atom stereocenters. The van der Waals surface area contributed by atoms with Crippen molar-refractivity contribution in [3.63, 3.8) is 0 Å². The molecule has 14 aromatic carbocycles. The number of rotatable bonds is 16. The molecule has 0 heterocycles. The molecule has 3 nitrogen and oxygen atoms in total. The van der Waals surface area contributed by atoms with Crippen LogP contribution in [-0.4, -0.2) is 0 Å². The van der Waals surface area contributed by atoms with Crippen LogP contribution in [0.4, 0.5) is 51.2 Å². The highest BCUT2D eigenvalue weighted by Gasteiger charge is 2.25. The highest BCUT2D eigenvalue weighted by molar-refractivity contribution is 5.95. The summed E-state index contributed by atoms with van der Waals surface area (Å²) < 4.78 is 0. The van der Waals surface area contributed by atoms with Gasteiger partial charge in [-0.2, -0.15) is 0 Å². The molecule has 0 atom stereocenters. The Morgan fingerprint density at radius 3 is 0.449 bits per heavy atom. The molecule has 0 bridgehead atoms. The van der Waals surface area contributed by atoms with Gasteiger partial charge in [-0.05, 0) is 219 Å². The van der Waals surface area contributed by atoms with Crippen LogP contribution >= 0.6 is 0 Å². The Labute approximate surface area is 638 Å². The molecule has 14 aromatic rings. The van der Waals surface area contributed by atoms with Crippen LogP contribution in [0.1, 0.15) is 132 Å². The molecule has 107 heavy (non-hydrogen) atoms. The Morgan fingerprint density at radius 2 is 0.280 bits per heavy atom. The van der Waals surface area contributed by atoms with Gasteiger partial charge in [0.15, 0.2) is 0 Å². The molecule has 0 N–H and O–H groups in total. The molecule has 0 radical (unpaired) electrons. The number of benzene rings is 14. The van der Waals surface area contributed by atoms with Crippen molar-refractivity contribution in [3.8, 4) is 77.9 Å². The van der Waals surface area contributed by atoms with E-state index in [1.54, 1.807) is 0 Å². The monoisotopic (exact) mass is 1390 g/mol. The summed E-state index contributed by atoms with van der Waals surface area (Å²) in [6.45, 7) is 34.1. The van der Waals surface area contributed by atoms with E-state index in [9.17, 15) is 0 Å². The van der Waals surface area contributed by atoms with Gasteiger partial charge in [-0.3, -0.25) is 0 Å². The first kappa shape index (κ1) is 72.4. The molecule has 0 saturated carbocycles. The van der Waals surface area contributed by atoms with Crippen molar-refractivity contribution < 1.29 is 0 Å². The summed E-state index contributed by atoms with van der Waals surface area (Å²) in [4.78, 5) is 7.23. The van der Waals surface area contributed by atoms with Crippen LogP contribution in [0, 0.1) is 0 Å². The van der Waals surface area contributed by atoms with Gasteiger partial charge in [0.05, 0.1) is 11.4 Å². The van der Waals surface area contributed by atoms with Gasteiger partial charge in [-0.1, -0.05) is 347 Å². The molecule has 0 saturated heterocycles. The van der Waals surface area contributed by atoms with E-state index in [0.29, 0.717) is 0 Å². The zero-order valence-electron chi connectivity index (χ0n) is 65.2. The molecular weight excluding hydrogens is 1290 g/mol. The second-order valence-corrected chi connectivity index (χ2v) is 34.0. The molecular formula is C104H101N3.